The number of imide groups is 1. The first kappa shape index (κ1) is 22.0. The third kappa shape index (κ3) is 3.23. The maximum atomic E-state index is 13.7. The van der Waals surface area contributed by atoms with Gasteiger partial charge in [-0.2, -0.15) is 0 Å². The number of nitro groups is 1. The number of halogens is 1. The van der Waals surface area contributed by atoms with Gasteiger partial charge in [-0.25, -0.2) is 4.90 Å². The van der Waals surface area contributed by atoms with E-state index in [9.17, 15) is 19.7 Å². The predicted molar refractivity (Wildman–Crippen MR) is 136 cm³/mol. The molecule has 6 nitrogen and oxygen atoms in total. The Morgan fingerprint density at radius 3 is 2.24 bits per heavy atom. The van der Waals surface area contributed by atoms with Gasteiger partial charge in [-0.1, -0.05) is 51.8 Å². The van der Waals surface area contributed by atoms with Crippen LogP contribution in [-0.2, 0) is 0 Å². The number of carbonyl (C=O) groups excluding carboxylic acids is 2. The van der Waals surface area contributed by atoms with Crippen molar-refractivity contribution in [3.05, 3.63) is 103 Å². The molecule has 0 N–H and O–H groups in total. The van der Waals surface area contributed by atoms with Gasteiger partial charge in [0.05, 0.1) is 21.7 Å². The summed E-state index contributed by atoms with van der Waals surface area (Å²) in [6.45, 7) is 5.64. The second-order valence-corrected chi connectivity index (χ2v) is 9.41. The lowest BCUT2D eigenvalue weighted by Gasteiger charge is -2.29. The van der Waals surface area contributed by atoms with Crippen LogP contribution in [0.3, 0.4) is 0 Å². The largest absolute Gasteiger partial charge is 0.278 e. The van der Waals surface area contributed by atoms with Gasteiger partial charge in [-0.05, 0) is 67.1 Å². The smallest absolute Gasteiger partial charge is 0.268 e. The highest BCUT2D eigenvalue weighted by Gasteiger charge is 2.37. The summed E-state index contributed by atoms with van der Waals surface area (Å²) >= 11 is 3.44. The molecule has 0 aliphatic carbocycles. The molecule has 0 saturated heterocycles. The highest BCUT2D eigenvalue weighted by atomic mass is 79.9. The molecule has 168 valence electrons. The fraction of sp³-hybridized carbons (Fsp3) is 0.111. The van der Waals surface area contributed by atoms with E-state index in [1.54, 1.807) is 24.3 Å². The van der Waals surface area contributed by atoms with Crippen LogP contribution in [0.15, 0.2) is 65.1 Å². The van der Waals surface area contributed by atoms with Crippen molar-refractivity contribution in [2.75, 3.05) is 4.90 Å². The van der Waals surface area contributed by atoms with E-state index in [4.69, 9.17) is 0 Å². The molecule has 0 atom stereocenters. The van der Waals surface area contributed by atoms with Gasteiger partial charge in [-0.3, -0.25) is 19.7 Å². The lowest BCUT2D eigenvalue weighted by molar-refractivity contribution is -0.384. The zero-order valence-corrected chi connectivity index (χ0v) is 20.3. The number of nitro benzene ring substituents is 1. The summed E-state index contributed by atoms with van der Waals surface area (Å²) in [6.07, 6.45) is 0. The third-order valence-corrected chi connectivity index (χ3v) is 6.75. The van der Waals surface area contributed by atoms with E-state index in [2.05, 4.69) is 15.9 Å². The molecule has 0 bridgehead atoms. The molecule has 1 heterocycles. The van der Waals surface area contributed by atoms with E-state index in [0.717, 1.165) is 26.1 Å². The Kier molecular flexibility index (Phi) is 5.10. The van der Waals surface area contributed by atoms with Gasteiger partial charge < -0.3 is 0 Å². The standard InChI is InChI=1S/C27H19BrN2O4/c1-14-7-10-22(16(3)11-14)29-26(31)20-6-4-5-19-24(20)21(27(29)32)13-23(30(33)34)25(19)18-9-8-17(28)12-15(18)2/h4-13H,1-3H3. The Hall–Kier alpha value is -3.84. The summed E-state index contributed by atoms with van der Waals surface area (Å²) in [7, 11) is 0. The lowest BCUT2D eigenvalue weighted by atomic mass is 9.86. The van der Waals surface area contributed by atoms with Crippen molar-refractivity contribution in [2.45, 2.75) is 20.8 Å². The van der Waals surface area contributed by atoms with Crippen LogP contribution in [0.1, 0.15) is 37.4 Å². The monoisotopic (exact) mass is 514 g/mol. The fourth-order valence-corrected chi connectivity index (χ4v) is 5.24. The van der Waals surface area contributed by atoms with Crippen LogP contribution < -0.4 is 4.90 Å². The number of hydrogen-bond donors (Lipinski definition) is 0. The molecule has 5 rings (SSSR count). The molecule has 4 aromatic carbocycles. The van der Waals surface area contributed by atoms with E-state index in [0.29, 0.717) is 33.2 Å². The Morgan fingerprint density at radius 1 is 0.824 bits per heavy atom. The number of amides is 2. The number of carbonyl (C=O) groups is 2. The molecule has 0 spiro atoms. The second kappa shape index (κ2) is 7.88. The van der Waals surface area contributed by atoms with Crippen LogP contribution in [0.2, 0.25) is 0 Å². The molecule has 1 aliphatic heterocycles. The highest BCUT2D eigenvalue weighted by Crippen LogP contribution is 2.44. The molecular weight excluding hydrogens is 496 g/mol. The minimum absolute atomic E-state index is 0.149. The number of rotatable bonds is 3. The third-order valence-electron chi connectivity index (χ3n) is 6.26. The number of hydrogen-bond acceptors (Lipinski definition) is 4. The van der Waals surface area contributed by atoms with Crippen LogP contribution in [-0.4, -0.2) is 16.7 Å². The fourth-order valence-electron chi connectivity index (χ4n) is 4.76. The molecule has 0 unspecified atom stereocenters. The molecular formula is C27H19BrN2O4. The van der Waals surface area contributed by atoms with Crippen molar-refractivity contribution >= 4 is 49.9 Å². The Labute approximate surface area is 204 Å². The van der Waals surface area contributed by atoms with E-state index < -0.39 is 16.7 Å². The second-order valence-electron chi connectivity index (χ2n) is 8.50. The zero-order valence-electron chi connectivity index (χ0n) is 18.7. The van der Waals surface area contributed by atoms with Crippen molar-refractivity contribution < 1.29 is 14.5 Å². The van der Waals surface area contributed by atoms with Crippen molar-refractivity contribution in [1.29, 1.82) is 0 Å². The molecule has 1 aliphatic rings. The average molecular weight is 515 g/mol. The van der Waals surface area contributed by atoms with E-state index >= 15 is 0 Å². The minimum Gasteiger partial charge on any atom is -0.268 e. The summed E-state index contributed by atoms with van der Waals surface area (Å²) in [5, 5.41) is 13.2. The highest BCUT2D eigenvalue weighted by molar-refractivity contribution is 9.10. The topological polar surface area (TPSA) is 80.5 Å². The number of benzene rings is 4. The summed E-state index contributed by atoms with van der Waals surface area (Å²) in [5.74, 6) is -1.01. The summed E-state index contributed by atoms with van der Waals surface area (Å²) < 4.78 is 0.855. The van der Waals surface area contributed by atoms with Gasteiger partial charge in [0, 0.05) is 21.5 Å². The Bertz CT molecular complexity index is 1580. The molecule has 0 aromatic heterocycles. The van der Waals surface area contributed by atoms with Crippen molar-refractivity contribution in [2.24, 2.45) is 0 Å². The van der Waals surface area contributed by atoms with Gasteiger partial charge >= 0.3 is 0 Å². The maximum Gasteiger partial charge on any atom is 0.278 e. The van der Waals surface area contributed by atoms with Crippen LogP contribution in [0.5, 0.6) is 0 Å². The summed E-state index contributed by atoms with van der Waals surface area (Å²) in [6, 6.07) is 17.4. The molecule has 0 saturated carbocycles. The minimum atomic E-state index is -0.567. The first-order chi connectivity index (χ1) is 16.2. The van der Waals surface area contributed by atoms with Gasteiger partial charge in [0.1, 0.15) is 0 Å². The van der Waals surface area contributed by atoms with E-state index in [1.807, 2.05) is 51.1 Å². The van der Waals surface area contributed by atoms with E-state index in [1.165, 1.54) is 6.07 Å². The van der Waals surface area contributed by atoms with E-state index in [-0.39, 0.29) is 11.3 Å². The van der Waals surface area contributed by atoms with Gasteiger partial charge in [-0.15, -0.1) is 0 Å². The molecule has 0 fully saturated rings. The molecule has 0 radical (unpaired) electrons. The normalized spacial score (nSPS) is 13.0. The van der Waals surface area contributed by atoms with Crippen molar-refractivity contribution in [3.63, 3.8) is 0 Å². The summed E-state index contributed by atoms with van der Waals surface area (Å²) in [4.78, 5) is 40.1. The summed E-state index contributed by atoms with van der Waals surface area (Å²) in [5.41, 5.74) is 4.48. The first-order valence-electron chi connectivity index (χ1n) is 10.7. The predicted octanol–water partition coefficient (Wildman–Crippen LogP) is 6.90. The maximum absolute atomic E-state index is 13.7. The van der Waals surface area contributed by atoms with Crippen LogP contribution >= 0.6 is 15.9 Å². The van der Waals surface area contributed by atoms with Gasteiger partial charge in [0.15, 0.2) is 0 Å². The zero-order chi connectivity index (χ0) is 24.3. The first-order valence-corrected chi connectivity index (χ1v) is 11.4. The Morgan fingerprint density at radius 2 is 1.56 bits per heavy atom. The Balaban J connectivity index is 1.85. The quantitative estimate of drug-likeness (QED) is 0.169. The SMILES string of the molecule is Cc1ccc(N2C(=O)c3cccc4c(-c5ccc(Br)cc5C)c([N+](=O)[O-])cc(c34)C2=O)c(C)c1. The molecule has 2 amide bonds. The average Bonchev–Trinajstić information content (AvgIpc) is 2.78. The number of nitrogens with zero attached hydrogens (tertiary/aromatic N) is 2. The van der Waals surface area contributed by atoms with Crippen LogP contribution in [0.25, 0.3) is 21.9 Å². The molecule has 4 aromatic rings. The van der Waals surface area contributed by atoms with Crippen molar-refractivity contribution in [3.8, 4) is 11.1 Å². The number of aryl methyl sites for hydroxylation is 3. The van der Waals surface area contributed by atoms with Gasteiger partial charge in [0.2, 0.25) is 0 Å². The molecule has 34 heavy (non-hydrogen) atoms. The van der Waals surface area contributed by atoms with Crippen LogP contribution in [0.4, 0.5) is 11.4 Å². The van der Waals surface area contributed by atoms with Crippen molar-refractivity contribution in [1.82, 2.24) is 0 Å². The molecule has 7 heteroatoms. The van der Waals surface area contributed by atoms with Crippen LogP contribution in [0, 0.1) is 30.9 Å². The van der Waals surface area contributed by atoms with Gasteiger partial charge in [0.25, 0.3) is 17.5 Å². The number of anilines is 1. The lowest BCUT2D eigenvalue weighted by Crippen LogP contribution is -2.41.